The van der Waals surface area contributed by atoms with Crippen molar-refractivity contribution in [2.45, 2.75) is 20.3 Å². The predicted octanol–water partition coefficient (Wildman–Crippen LogP) is 0.792. The van der Waals surface area contributed by atoms with Crippen LogP contribution in [0.5, 0.6) is 0 Å². The summed E-state index contributed by atoms with van der Waals surface area (Å²) in [5.74, 6) is 1.45. The third-order valence-corrected chi connectivity index (χ3v) is 2.90. The van der Waals surface area contributed by atoms with Gasteiger partial charge in [-0.2, -0.15) is 0 Å². The fraction of sp³-hybridized carbons (Fsp3) is 0.933. The lowest BCUT2D eigenvalue weighted by atomic mass is 10.2. The molecule has 0 fully saturated rings. The van der Waals surface area contributed by atoms with Crippen LogP contribution in [0.15, 0.2) is 4.99 Å². The molecule has 0 saturated heterocycles. The second kappa shape index (κ2) is 14.1. The highest BCUT2D eigenvalue weighted by atomic mass is 16.5. The number of guanidine groups is 1. The maximum atomic E-state index is 5.54. The van der Waals surface area contributed by atoms with Crippen LogP contribution in [0.2, 0.25) is 0 Å². The Balaban J connectivity index is 3.54. The molecule has 0 aliphatic carbocycles. The fourth-order valence-corrected chi connectivity index (χ4v) is 1.64. The lowest BCUT2D eigenvalue weighted by Gasteiger charge is -2.17. The Bertz CT molecular complexity index is 260. The standard InChI is InChI=1S/C15H34N4O2/c1-14(2)13-21-11-6-7-17-15(16-3)18-8-9-19(4)10-12-20-5/h14H,6-13H2,1-5H3,(H2,16,17,18). The first-order valence-electron chi connectivity index (χ1n) is 7.79. The van der Waals surface area contributed by atoms with Crippen molar-refractivity contribution in [2.24, 2.45) is 10.9 Å². The molecule has 0 aromatic heterocycles. The van der Waals surface area contributed by atoms with E-state index >= 15 is 0 Å². The third-order valence-electron chi connectivity index (χ3n) is 2.90. The Morgan fingerprint density at radius 3 is 2.48 bits per heavy atom. The number of hydrogen-bond acceptors (Lipinski definition) is 4. The van der Waals surface area contributed by atoms with Gasteiger partial charge in [-0.3, -0.25) is 4.99 Å². The Hall–Kier alpha value is -0.850. The number of ether oxygens (including phenoxy) is 2. The summed E-state index contributed by atoms with van der Waals surface area (Å²) >= 11 is 0. The van der Waals surface area contributed by atoms with E-state index < -0.39 is 0 Å². The van der Waals surface area contributed by atoms with Gasteiger partial charge in [-0.05, 0) is 19.4 Å². The summed E-state index contributed by atoms with van der Waals surface area (Å²) in [4.78, 5) is 6.43. The summed E-state index contributed by atoms with van der Waals surface area (Å²) in [7, 11) is 5.60. The first-order valence-corrected chi connectivity index (χ1v) is 7.79. The molecule has 2 N–H and O–H groups in total. The summed E-state index contributed by atoms with van der Waals surface area (Å²) in [6.07, 6.45) is 0.987. The largest absolute Gasteiger partial charge is 0.383 e. The minimum Gasteiger partial charge on any atom is -0.383 e. The molecule has 0 rings (SSSR count). The molecule has 0 unspecified atom stereocenters. The average molecular weight is 302 g/mol. The number of nitrogens with one attached hydrogen (secondary N) is 2. The minimum atomic E-state index is 0.600. The van der Waals surface area contributed by atoms with Gasteiger partial charge in [0.1, 0.15) is 0 Å². The zero-order valence-electron chi connectivity index (χ0n) is 14.4. The molecule has 0 saturated carbocycles. The molecule has 0 atom stereocenters. The first kappa shape index (κ1) is 20.1. The fourth-order valence-electron chi connectivity index (χ4n) is 1.64. The van der Waals surface area contributed by atoms with E-state index in [9.17, 15) is 0 Å². The number of nitrogens with zero attached hydrogens (tertiary/aromatic N) is 2. The maximum Gasteiger partial charge on any atom is 0.191 e. The van der Waals surface area contributed by atoms with Crippen molar-refractivity contribution in [2.75, 3.05) is 67.2 Å². The van der Waals surface area contributed by atoms with E-state index in [1.807, 2.05) is 0 Å². The van der Waals surface area contributed by atoms with E-state index in [1.165, 1.54) is 0 Å². The van der Waals surface area contributed by atoms with E-state index in [1.54, 1.807) is 14.2 Å². The third kappa shape index (κ3) is 13.9. The highest BCUT2D eigenvalue weighted by Gasteiger charge is 2.00. The summed E-state index contributed by atoms with van der Waals surface area (Å²) < 4.78 is 10.6. The van der Waals surface area contributed by atoms with Crippen molar-refractivity contribution in [3.05, 3.63) is 0 Å². The molecular formula is C15H34N4O2. The van der Waals surface area contributed by atoms with Gasteiger partial charge in [0.05, 0.1) is 6.61 Å². The van der Waals surface area contributed by atoms with E-state index in [4.69, 9.17) is 9.47 Å². The van der Waals surface area contributed by atoms with Gasteiger partial charge in [0.2, 0.25) is 0 Å². The topological polar surface area (TPSA) is 58.1 Å². The second-order valence-corrected chi connectivity index (χ2v) is 5.54. The van der Waals surface area contributed by atoms with E-state index in [0.717, 1.165) is 58.4 Å². The lowest BCUT2D eigenvalue weighted by Crippen LogP contribution is -2.41. The van der Waals surface area contributed by atoms with Gasteiger partial charge in [0.15, 0.2) is 5.96 Å². The SMILES string of the molecule is CN=C(NCCCOCC(C)C)NCCN(C)CCOC. The average Bonchev–Trinajstić information content (AvgIpc) is 2.46. The molecule has 0 spiro atoms. The molecule has 6 nitrogen and oxygen atoms in total. The van der Waals surface area contributed by atoms with Crippen LogP contribution in [0.4, 0.5) is 0 Å². The Labute approximate surface area is 130 Å². The zero-order chi connectivity index (χ0) is 15.9. The summed E-state index contributed by atoms with van der Waals surface area (Å²) in [6, 6.07) is 0. The molecule has 6 heteroatoms. The number of likely N-dealkylation sites (N-methyl/N-ethyl adjacent to an activating group) is 1. The van der Waals surface area contributed by atoms with E-state index in [2.05, 4.69) is 41.4 Å². The quantitative estimate of drug-likeness (QED) is 0.317. The molecule has 0 aromatic carbocycles. The number of rotatable bonds is 12. The molecular weight excluding hydrogens is 268 g/mol. The monoisotopic (exact) mass is 302 g/mol. The van der Waals surface area contributed by atoms with Crippen molar-refractivity contribution in [1.82, 2.24) is 15.5 Å². The highest BCUT2D eigenvalue weighted by Crippen LogP contribution is 1.92. The van der Waals surface area contributed by atoms with Crippen LogP contribution in [-0.2, 0) is 9.47 Å². The van der Waals surface area contributed by atoms with Crippen LogP contribution in [0, 0.1) is 5.92 Å². The normalized spacial score (nSPS) is 12.2. The maximum absolute atomic E-state index is 5.54. The van der Waals surface area contributed by atoms with Gasteiger partial charge >= 0.3 is 0 Å². The van der Waals surface area contributed by atoms with Crippen molar-refractivity contribution in [1.29, 1.82) is 0 Å². The minimum absolute atomic E-state index is 0.600. The van der Waals surface area contributed by atoms with Gasteiger partial charge in [-0.15, -0.1) is 0 Å². The van der Waals surface area contributed by atoms with Gasteiger partial charge in [0, 0.05) is 53.6 Å². The molecule has 0 aromatic rings. The molecule has 0 amide bonds. The van der Waals surface area contributed by atoms with Gasteiger partial charge in [0.25, 0.3) is 0 Å². The van der Waals surface area contributed by atoms with E-state index in [0.29, 0.717) is 5.92 Å². The Kier molecular flexibility index (Phi) is 13.5. The molecule has 21 heavy (non-hydrogen) atoms. The van der Waals surface area contributed by atoms with E-state index in [-0.39, 0.29) is 0 Å². The van der Waals surface area contributed by atoms with Crippen LogP contribution in [0.25, 0.3) is 0 Å². The molecule has 0 bridgehead atoms. The van der Waals surface area contributed by atoms with Crippen LogP contribution in [0.3, 0.4) is 0 Å². The second-order valence-electron chi connectivity index (χ2n) is 5.54. The smallest absolute Gasteiger partial charge is 0.191 e. The zero-order valence-corrected chi connectivity index (χ0v) is 14.4. The number of aliphatic imine (C=N–C) groups is 1. The van der Waals surface area contributed by atoms with Crippen LogP contribution < -0.4 is 10.6 Å². The van der Waals surface area contributed by atoms with Crippen molar-refractivity contribution in [3.8, 4) is 0 Å². The van der Waals surface area contributed by atoms with Gasteiger partial charge < -0.3 is 25.0 Å². The molecule has 0 aliphatic rings. The van der Waals surface area contributed by atoms with Gasteiger partial charge in [-0.1, -0.05) is 13.8 Å². The Morgan fingerprint density at radius 1 is 1.14 bits per heavy atom. The van der Waals surface area contributed by atoms with Crippen molar-refractivity contribution >= 4 is 5.96 Å². The van der Waals surface area contributed by atoms with Gasteiger partial charge in [-0.25, -0.2) is 0 Å². The molecule has 126 valence electrons. The number of hydrogen-bond donors (Lipinski definition) is 2. The van der Waals surface area contributed by atoms with Crippen molar-refractivity contribution in [3.63, 3.8) is 0 Å². The molecule has 0 radical (unpaired) electrons. The Morgan fingerprint density at radius 2 is 1.86 bits per heavy atom. The van der Waals surface area contributed by atoms with Crippen LogP contribution in [0.1, 0.15) is 20.3 Å². The summed E-state index contributed by atoms with van der Waals surface area (Å²) in [6.45, 7) is 10.4. The predicted molar refractivity (Wildman–Crippen MR) is 89.0 cm³/mol. The van der Waals surface area contributed by atoms with Crippen molar-refractivity contribution < 1.29 is 9.47 Å². The summed E-state index contributed by atoms with van der Waals surface area (Å²) in [5, 5.41) is 6.59. The van der Waals surface area contributed by atoms with Crippen LogP contribution in [-0.4, -0.2) is 78.1 Å². The first-order chi connectivity index (χ1) is 10.1. The number of methoxy groups -OCH3 is 1. The lowest BCUT2D eigenvalue weighted by molar-refractivity contribution is 0.108. The van der Waals surface area contributed by atoms with Crippen LogP contribution >= 0.6 is 0 Å². The highest BCUT2D eigenvalue weighted by molar-refractivity contribution is 5.79. The summed E-state index contributed by atoms with van der Waals surface area (Å²) in [5.41, 5.74) is 0. The molecule has 0 heterocycles. The molecule has 0 aliphatic heterocycles.